The van der Waals surface area contributed by atoms with Crippen LogP contribution in [0.25, 0.3) is 6.08 Å². The largest absolute Gasteiger partial charge is 0.503 e. The zero-order valence-corrected chi connectivity index (χ0v) is 17.8. The van der Waals surface area contributed by atoms with Crippen LogP contribution in [0.15, 0.2) is 45.0 Å². The smallest absolute Gasteiger partial charge is 0.329 e. The van der Waals surface area contributed by atoms with Crippen molar-refractivity contribution in [1.29, 1.82) is 0 Å². The van der Waals surface area contributed by atoms with Crippen LogP contribution in [0.2, 0.25) is 0 Å². The molecule has 0 spiro atoms. The number of urea groups is 1. The lowest BCUT2D eigenvalue weighted by molar-refractivity contribution is -0.123. The first-order valence-electron chi connectivity index (χ1n) is 8.25. The highest BCUT2D eigenvalue weighted by atomic mass is 79.9. The van der Waals surface area contributed by atoms with Crippen molar-refractivity contribution in [2.24, 2.45) is 0 Å². The Bertz CT molecular complexity index is 994. The topological polar surface area (TPSA) is 78.9 Å². The predicted molar refractivity (Wildman–Crippen MR) is 108 cm³/mol. The molecule has 2 aromatic carbocycles. The Hall–Kier alpha value is -2.39. The number of amides is 3. The van der Waals surface area contributed by atoms with Gasteiger partial charge in [-0.15, -0.1) is 0 Å². The van der Waals surface area contributed by atoms with Crippen LogP contribution in [0.4, 0.5) is 9.18 Å². The molecule has 0 radical (unpaired) electrons. The monoisotopic (exact) mass is 512 g/mol. The number of phenolic OH excluding ortho intramolecular Hbond substituents is 1. The number of aromatic hydroxyl groups is 1. The average Bonchev–Trinajstić information content (AvgIpc) is 2.93. The summed E-state index contributed by atoms with van der Waals surface area (Å²) in [6.07, 6.45) is 1.46. The number of hydrogen-bond acceptors (Lipinski definition) is 4. The summed E-state index contributed by atoms with van der Waals surface area (Å²) >= 11 is 6.60. The maximum Gasteiger partial charge on any atom is 0.329 e. The second kappa shape index (κ2) is 8.32. The summed E-state index contributed by atoms with van der Waals surface area (Å²) in [5.74, 6) is -0.933. The molecule has 1 aliphatic heterocycles. The van der Waals surface area contributed by atoms with Crippen molar-refractivity contribution in [2.75, 3.05) is 6.61 Å². The molecule has 0 aliphatic carbocycles. The minimum Gasteiger partial charge on any atom is -0.503 e. The third kappa shape index (κ3) is 3.90. The minimum absolute atomic E-state index is 0.0297. The summed E-state index contributed by atoms with van der Waals surface area (Å²) in [4.78, 5) is 25.8. The first-order valence-corrected chi connectivity index (χ1v) is 9.83. The number of halogens is 3. The van der Waals surface area contributed by atoms with Crippen molar-refractivity contribution < 1.29 is 23.8 Å². The summed E-state index contributed by atoms with van der Waals surface area (Å²) < 4.78 is 20.1. The van der Waals surface area contributed by atoms with E-state index in [1.165, 1.54) is 24.3 Å². The quantitative estimate of drug-likeness (QED) is 0.454. The van der Waals surface area contributed by atoms with Gasteiger partial charge in [0.05, 0.1) is 17.6 Å². The van der Waals surface area contributed by atoms with Crippen LogP contribution in [0.1, 0.15) is 18.1 Å². The molecule has 146 valence electrons. The molecular weight excluding hydrogens is 499 g/mol. The lowest BCUT2D eigenvalue weighted by Crippen LogP contribution is -2.30. The van der Waals surface area contributed by atoms with Gasteiger partial charge in [-0.1, -0.05) is 18.2 Å². The van der Waals surface area contributed by atoms with Crippen molar-refractivity contribution in [3.63, 3.8) is 0 Å². The number of rotatable bonds is 5. The Labute approximate surface area is 177 Å². The highest BCUT2D eigenvalue weighted by Crippen LogP contribution is 2.42. The second-order valence-electron chi connectivity index (χ2n) is 5.84. The van der Waals surface area contributed by atoms with Crippen LogP contribution in [0, 0.1) is 5.82 Å². The zero-order chi connectivity index (χ0) is 20.4. The number of nitrogens with zero attached hydrogens (tertiary/aromatic N) is 1. The Morgan fingerprint density at radius 1 is 1.25 bits per heavy atom. The molecule has 0 saturated carbocycles. The number of imide groups is 1. The van der Waals surface area contributed by atoms with E-state index in [9.17, 15) is 19.1 Å². The highest BCUT2D eigenvalue weighted by Gasteiger charge is 2.34. The van der Waals surface area contributed by atoms with E-state index in [0.717, 1.165) is 4.90 Å². The van der Waals surface area contributed by atoms with E-state index in [4.69, 9.17) is 4.74 Å². The van der Waals surface area contributed by atoms with Crippen LogP contribution < -0.4 is 10.1 Å². The van der Waals surface area contributed by atoms with Gasteiger partial charge in [-0.3, -0.25) is 9.69 Å². The van der Waals surface area contributed by atoms with Gasteiger partial charge in [0, 0.05) is 10.0 Å². The Morgan fingerprint density at radius 3 is 2.64 bits per heavy atom. The number of benzene rings is 2. The minimum atomic E-state index is -0.640. The molecule has 1 aliphatic rings. The van der Waals surface area contributed by atoms with Crippen molar-refractivity contribution in [1.82, 2.24) is 10.2 Å². The van der Waals surface area contributed by atoms with Gasteiger partial charge in [0.1, 0.15) is 11.5 Å². The standard InChI is InChI=1S/C19H15Br2FN2O4/c1-2-28-14-8-11(15(20)16(21)17(14)25)7-13-18(26)24(19(27)23-13)9-10-5-3-4-6-12(10)22/h3-8,25H,2,9H2,1H3,(H,23,27)/b13-7-. The Balaban J connectivity index is 1.93. The van der Waals surface area contributed by atoms with E-state index >= 15 is 0 Å². The molecule has 0 bridgehead atoms. The fourth-order valence-corrected chi connectivity index (χ4v) is 3.49. The summed E-state index contributed by atoms with van der Waals surface area (Å²) in [7, 11) is 0. The first kappa shape index (κ1) is 20.3. The summed E-state index contributed by atoms with van der Waals surface area (Å²) in [5, 5.41) is 12.6. The fraction of sp³-hybridized carbons (Fsp3) is 0.158. The van der Waals surface area contributed by atoms with E-state index in [2.05, 4.69) is 37.2 Å². The van der Waals surface area contributed by atoms with Gasteiger partial charge in [-0.05, 0) is 62.6 Å². The summed E-state index contributed by atoms with van der Waals surface area (Å²) in [5.41, 5.74) is 0.769. The van der Waals surface area contributed by atoms with Gasteiger partial charge in [-0.25, -0.2) is 9.18 Å². The van der Waals surface area contributed by atoms with Crippen LogP contribution in [-0.2, 0) is 11.3 Å². The normalized spacial score (nSPS) is 15.3. The summed E-state index contributed by atoms with van der Waals surface area (Å²) in [6.45, 7) is 1.93. The van der Waals surface area contributed by atoms with Crippen LogP contribution in [0.5, 0.6) is 11.5 Å². The van der Waals surface area contributed by atoms with E-state index in [0.29, 0.717) is 21.1 Å². The molecule has 0 atom stereocenters. The molecule has 9 heteroatoms. The van der Waals surface area contributed by atoms with Gasteiger partial charge >= 0.3 is 6.03 Å². The van der Waals surface area contributed by atoms with Crippen molar-refractivity contribution in [2.45, 2.75) is 13.5 Å². The summed E-state index contributed by atoms with van der Waals surface area (Å²) in [6, 6.07) is 6.85. The molecule has 0 unspecified atom stereocenters. The van der Waals surface area contributed by atoms with Crippen molar-refractivity contribution >= 4 is 49.9 Å². The third-order valence-corrected chi connectivity index (χ3v) is 6.18. The van der Waals surface area contributed by atoms with Gasteiger partial charge in [0.25, 0.3) is 5.91 Å². The van der Waals surface area contributed by atoms with E-state index < -0.39 is 17.8 Å². The van der Waals surface area contributed by atoms with Crippen LogP contribution in [-0.4, -0.2) is 28.6 Å². The van der Waals surface area contributed by atoms with E-state index in [-0.39, 0.29) is 29.3 Å². The van der Waals surface area contributed by atoms with E-state index in [1.54, 1.807) is 19.1 Å². The molecule has 2 N–H and O–H groups in total. The second-order valence-corrected chi connectivity index (χ2v) is 7.43. The van der Waals surface area contributed by atoms with Crippen LogP contribution >= 0.6 is 31.9 Å². The lowest BCUT2D eigenvalue weighted by atomic mass is 10.1. The lowest BCUT2D eigenvalue weighted by Gasteiger charge is -2.12. The van der Waals surface area contributed by atoms with E-state index in [1.807, 2.05) is 0 Å². The zero-order valence-electron chi connectivity index (χ0n) is 14.6. The third-order valence-electron chi connectivity index (χ3n) is 4.02. The molecule has 1 saturated heterocycles. The molecule has 2 aromatic rings. The SMILES string of the molecule is CCOc1cc(/C=C2\NC(=O)N(Cc3ccccc3F)C2=O)c(Br)c(Br)c1O. The van der Waals surface area contributed by atoms with Gasteiger partial charge in [0.2, 0.25) is 0 Å². The predicted octanol–water partition coefficient (Wildman–Crippen LogP) is 4.55. The van der Waals surface area contributed by atoms with Crippen molar-refractivity contribution in [3.05, 3.63) is 61.9 Å². The Morgan fingerprint density at radius 2 is 1.96 bits per heavy atom. The van der Waals surface area contributed by atoms with Crippen molar-refractivity contribution in [3.8, 4) is 11.5 Å². The number of hydrogen-bond donors (Lipinski definition) is 2. The molecule has 1 fully saturated rings. The molecule has 3 rings (SSSR count). The van der Waals surface area contributed by atoms with Gasteiger partial charge in [-0.2, -0.15) is 0 Å². The maximum absolute atomic E-state index is 13.9. The van der Waals surface area contributed by atoms with Gasteiger partial charge < -0.3 is 15.2 Å². The fourth-order valence-electron chi connectivity index (χ4n) is 2.65. The molecule has 1 heterocycles. The molecule has 0 aromatic heterocycles. The number of ether oxygens (including phenoxy) is 1. The molecule has 3 amide bonds. The van der Waals surface area contributed by atoms with Crippen LogP contribution in [0.3, 0.4) is 0 Å². The molecule has 28 heavy (non-hydrogen) atoms. The number of nitrogens with one attached hydrogen (secondary N) is 1. The molecule has 6 nitrogen and oxygen atoms in total. The molecular formula is C19H15Br2FN2O4. The van der Waals surface area contributed by atoms with Gasteiger partial charge in [0.15, 0.2) is 11.5 Å². The maximum atomic E-state index is 13.9. The first-order chi connectivity index (χ1) is 13.3. The highest BCUT2D eigenvalue weighted by molar-refractivity contribution is 9.13. The number of carbonyl (C=O) groups is 2. The number of phenols is 1. The number of carbonyl (C=O) groups excluding carboxylic acids is 2. The Kier molecular flexibility index (Phi) is 6.04. The average molecular weight is 514 g/mol.